The van der Waals surface area contributed by atoms with Gasteiger partial charge in [0.15, 0.2) is 0 Å². The van der Waals surface area contributed by atoms with Crippen LogP contribution in [-0.2, 0) is 10.5 Å². The lowest BCUT2D eigenvalue weighted by Gasteiger charge is -2.03. The summed E-state index contributed by atoms with van der Waals surface area (Å²) >= 11 is 7.62. The molecule has 2 aromatic carbocycles. The third-order valence-electron chi connectivity index (χ3n) is 2.95. The van der Waals surface area contributed by atoms with Gasteiger partial charge in [0.25, 0.3) is 0 Å². The molecule has 0 aromatic heterocycles. The van der Waals surface area contributed by atoms with E-state index in [-0.39, 0.29) is 5.91 Å². The molecular weight excluding hydrogens is 314 g/mol. The van der Waals surface area contributed by atoms with Crippen LogP contribution in [0.25, 0.3) is 6.08 Å². The average Bonchev–Trinajstić information content (AvgIpc) is 2.55. The van der Waals surface area contributed by atoms with Gasteiger partial charge in [0.05, 0.1) is 0 Å². The zero-order valence-corrected chi connectivity index (χ0v) is 13.7. The summed E-state index contributed by atoms with van der Waals surface area (Å²) in [5, 5.41) is 3.57. The van der Waals surface area contributed by atoms with Crippen molar-refractivity contribution in [2.45, 2.75) is 5.75 Å². The van der Waals surface area contributed by atoms with E-state index in [9.17, 15) is 4.79 Å². The Morgan fingerprint density at radius 3 is 2.55 bits per heavy atom. The number of nitrogens with one attached hydrogen (secondary N) is 1. The van der Waals surface area contributed by atoms with E-state index < -0.39 is 0 Å². The molecule has 0 aliphatic rings. The quantitative estimate of drug-likeness (QED) is 0.601. The fourth-order valence-corrected chi connectivity index (χ4v) is 2.76. The van der Waals surface area contributed by atoms with Gasteiger partial charge in [-0.3, -0.25) is 4.79 Å². The van der Waals surface area contributed by atoms with Crippen molar-refractivity contribution in [2.75, 3.05) is 12.3 Å². The molecule has 0 radical (unpaired) electrons. The summed E-state index contributed by atoms with van der Waals surface area (Å²) in [6.07, 6.45) is 3.33. The van der Waals surface area contributed by atoms with Gasteiger partial charge < -0.3 is 5.32 Å². The van der Waals surface area contributed by atoms with Crippen LogP contribution < -0.4 is 5.32 Å². The van der Waals surface area contributed by atoms with Crippen LogP contribution in [0.2, 0.25) is 5.02 Å². The molecular formula is C18H18ClNOS. The van der Waals surface area contributed by atoms with Gasteiger partial charge in [-0.05, 0) is 29.3 Å². The van der Waals surface area contributed by atoms with Crippen molar-refractivity contribution < 1.29 is 4.79 Å². The standard InChI is InChI=1S/C18H18ClNOS/c19-17-9-6-15(7-10-17)8-11-18(21)20-12-13-22-14-16-4-2-1-3-5-16/h1-11H,12-14H2,(H,20,21)/b11-8+. The molecule has 0 saturated carbocycles. The number of rotatable bonds is 7. The van der Waals surface area contributed by atoms with Crippen molar-refractivity contribution in [3.05, 3.63) is 76.8 Å². The van der Waals surface area contributed by atoms with Crippen LogP contribution in [0.1, 0.15) is 11.1 Å². The minimum Gasteiger partial charge on any atom is -0.352 e. The van der Waals surface area contributed by atoms with Crippen LogP contribution in [-0.4, -0.2) is 18.2 Å². The highest BCUT2D eigenvalue weighted by atomic mass is 35.5. The monoisotopic (exact) mass is 331 g/mol. The van der Waals surface area contributed by atoms with E-state index in [0.717, 1.165) is 17.1 Å². The van der Waals surface area contributed by atoms with Crippen LogP contribution in [0.5, 0.6) is 0 Å². The molecule has 2 aromatic rings. The second-order valence-electron chi connectivity index (χ2n) is 4.71. The molecule has 0 bridgehead atoms. The van der Waals surface area contributed by atoms with Gasteiger partial charge in [0.2, 0.25) is 5.91 Å². The summed E-state index contributed by atoms with van der Waals surface area (Å²) in [6, 6.07) is 17.7. The molecule has 0 spiro atoms. The first-order valence-corrected chi connectivity index (χ1v) is 8.60. The van der Waals surface area contributed by atoms with Gasteiger partial charge in [0.1, 0.15) is 0 Å². The predicted molar refractivity (Wildman–Crippen MR) is 96.1 cm³/mol. The Balaban J connectivity index is 1.62. The van der Waals surface area contributed by atoms with Crippen LogP contribution >= 0.6 is 23.4 Å². The van der Waals surface area contributed by atoms with Crippen LogP contribution in [0.4, 0.5) is 0 Å². The van der Waals surface area contributed by atoms with E-state index >= 15 is 0 Å². The second kappa shape index (κ2) is 9.34. The summed E-state index contributed by atoms with van der Waals surface area (Å²) in [5.74, 6) is 1.79. The van der Waals surface area contributed by atoms with E-state index in [1.165, 1.54) is 5.56 Å². The zero-order valence-electron chi connectivity index (χ0n) is 12.2. The maximum atomic E-state index is 11.7. The predicted octanol–water partition coefficient (Wildman–Crippen LogP) is 4.40. The summed E-state index contributed by atoms with van der Waals surface area (Å²) < 4.78 is 0. The fourth-order valence-electron chi connectivity index (χ4n) is 1.82. The topological polar surface area (TPSA) is 29.1 Å². The number of benzene rings is 2. The highest BCUT2D eigenvalue weighted by Gasteiger charge is 1.96. The molecule has 4 heteroatoms. The zero-order chi connectivity index (χ0) is 15.6. The first-order chi connectivity index (χ1) is 10.7. The van der Waals surface area contributed by atoms with Crippen LogP contribution in [0.3, 0.4) is 0 Å². The number of amides is 1. The lowest BCUT2D eigenvalue weighted by atomic mass is 10.2. The maximum Gasteiger partial charge on any atom is 0.244 e. The average molecular weight is 332 g/mol. The number of carbonyl (C=O) groups is 1. The lowest BCUT2D eigenvalue weighted by molar-refractivity contribution is -0.116. The van der Waals surface area contributed by atoms with Gasteiger partial charge >= 0.3 is 0 Å². The first-order valence-electron chi connectivity index (χ1n) is 7.07. The first kappa shape index (κ1) is 16.7. The molecule has 0 heterocycles. The van der Waals surface area contributed by atoms with Gasteiger partial charge in [-0.15, -0.1) is 0 Å². The second-order valence-corrected chi connectivity index (χ2v) is 6.26. The Morgan fingerprint density at radius 1 is 1.09 bits per heavy atom. The highest BCUT2D eigenvalue weighted by Crippen LogP contribution is 2.11. The molecule has 1 amide bonds. The Bertz CT molecular complexity index is 611. The SMILES string of the molecule is O=C(/C=C/c1ccc(Cl)cc1)NCCSCc1ccccc1. The number of carbonyl (C=O) groups excluding carboxylic acids is 1. The van der Waals surface area contributed by atoms with Crippen molar-refractivity contribution in [3.63, 3.8) is 0 Å². The van der Waals surface area contributed by atoms with Crippen molar-refractivity contribution in [1.82, 2.24) is 5.32 Å². The molecule has 114 valence electrons. The maximum absolute atomic E-state index is 11.7. The minimum absolute atomic E-state index is 0.0738. The number of thioether (sulfide) groups is 1. The highest BCUT2D eigenvalue weighted by molar-refractivity contribution is 7.98. The molecule has 22 heavy (non-hydrogen) atoms. The molecule has 0 aliphatic heterocycles. The van der Waals surface area contributed by atoms with E-state index in [0.29, 0.717) is 11.6 Å². The lowest BCUT2D eigenvalue weighted by Crippen LogP contribution is -2.23. The summed E-state index contributed by atoms with van der Waals surface area (Å²) in [4.78, 5) is 11.7. The van der Waals surface area contributed by atoms with Crippen molar-refractivity contribution >= 4 is 35.3 Å². The Hall–Kier alpha value is -1.71. The summed E-state index contributed by atoms with van der Waals surface area (Å²) in [7, 11) is 0. The van der Waals surface area contributed by atoms with Gasteiger partial charge in [-0.1, -0.05) is 54.1 Å². The molecule has 0 saturated heterocycles. The third kappa shape index (κ3) is 6.37. The molecule has 0 unspecified atom stereocenters. The molecule has 1 N–H and O–H groups in total. The van der Waals surface area contributed by atoms with E-state index in [2.05, 4.69) is 17.4 Å². The molecule has 0 aliphatic carbocycles. The smallest absolute Gasteiger partial charge is 0.244 e. The Kier molecular flexibility index (Phi) is 7.07. The molecule has 0 fully saturated rings. The van der Waals surface area contributed by atoms with Gasteiger partial charge in [0, 0.05) is 29.1 Å². The largest absolute Gasteiger partial charge is 0.352 e. The van der Waals surface area contributed by atoms with Gasteiger partial charge in [-0.2, -0.15) is 11.8 Å². The molecule has 2 rings (SSSR count). The van der Waals surface area contributed by atoms with E-state index in [1.54, 1.807) is 24.3 Å². The Morgan fingerprint density at radius 2 is 1.82 bits per heavy atom. The van der Waals surface area contributed by atoms with Gasteiger partial charge in [-0.25, -0.2) is 0 Å². The Labute approximate surface area is 140 Å². The van der Waals surface area contributed by atoms with Crippen LogP contribution in [0.15, 0.2) is 60.7 Å². The van der Waals surface area contributed by atoms with Crippen LogP contribution in [0, 0.1) is 0 Å². The van der Waals surface area contributed by atoms with E-state index in [1.807, 2.05) is 42.1 Å². The summed E-state index contributed by atoms with van der Waals surface area (Å²) in [6.45, 7) is 0.668. The molecule has 2 nitrogen and oxygen atoms in total. The minimum atomic E-state index is -0.0738. The number of hydrogen-bond acceptors (Lipinski definition) is 2. The third-order valence-corrected chi connectivity index (χ3v) is 4.24. The number of hydrogen-bond donors (Lipinski definition) is 1. The normalized spacial score (nSPS) is 10.8. The fraction of sp³-hybridized carbons (Fsp3) is 0.167. The van der Waals surface area contributed by atoms with Crippen molar-refractivity contribution in [2.24, 2.45) is 0 Å². The molecule has 0 atom stereocenters. The van der Waals surface area contributed by atoms with Crippen molar-refractivity contribution in [3.8, 4) is 0 Å². The van der Waals surface area contributed by atoms with Crippen molar-refractivity contribution in [1.29, 1.82) is 0 Å². The van der Waals surface area contributed by atoms with E-state index in [4.69, 9.17) is 11.6 Å². The number of halogens is 1. The summed E-state index contributed by atoms with van der Waals surface area (Å²) in [5.41, 5.74) is 2.26.